The number of carbonyl (C=O) groups is 2. The van der Waals surface area contributed by atoms with Gasteiger partial charge in [-0.05, 0) is 18.2 Å². The molecular formula is C12H11Cl2NO5S. The Morgan fingerprint density at radius 1 is 1.43 bits per heavy atom. The number of nitrogens with zero attached hydrogens (tertiary/aromatic N) is 1. The fourth-order valence-electron chi connectivity index (χ4n) is 2.06. The van der Waals surface area contributed by atoms with Crippen LogP contribution in [0.5, 0.6) is 0 Å². The van der Waals surface area contributed by atoms with E-state index < -0.39 is 20.3 Å². The van der Waals surface area contributed by atoms with Gasteiger partial charge in [-0.25, -0.2) is 13.2 Å². The third-order valence-electron chi connectivity index (χ3n) is 3.16. The molecule has 0 aromatic heterocycles. The minimum atomic E-state index is -3.81. The maximum atomic E-state index is 11.9. The number of methoxy groups -OCH3 is 1. The molecule has 1 unspecified atom stereocenters. The highest BCUT2D eigenvalue weighted by atomic mass is 35.7. The van der Waals surface area contributed by atoms with Gasteiger partial charge < -0.3 is 9.64 Å². The van der Waals surface area contributed by atoms with Crippen LogP contribution in [-0.4, -0.2) is 39.2 Å². The van der Waals surface area contributed by atoms with Crippen molar-refractivity contribution in [1.29, 1.82) is 0 Å². The fourth-order valence-corrected chi connectivity index (χ4v) is 3.34. The van der Waals surface area contributed by atoms with Crippen LogP contribution in [0.3, 0.4) is 0 Å². The third kappa shape index (κ3) is 3.30. The van der Waals surface area contributed by atoms with E-state index in [2.05, 4.69) is 4.74 Å². The highest BCUT2D eigenvalue weighted by Crippen LogP contribution is 2.30. The van der Waals surface area contributed by atoms with Crippen LogP contribution in [-0.2, 0) is 18.6 Å². The first-order valence-corrected chi connectivity index (χ1v) is 8.60. The van der Waals surface area contributed by atoms with Crippen molar-refractivity contribution in [2.24, 2.45) is 0 Å². The van der Waals surface area contributed by atoms with Crippen LogP contribution in [0.2, 0.25) is 5.02 Å². The number of halogens is 2. The Balaban J connectivity index is 2.30. The van der Waals surface area contributed by atoms with Gasteiger partial charge in [-0.2, -0.15) is 0 Å². The van der Waals surface area contributed by atoms with E-state index in [1.165, 1.54) is 30.2 Å². The standard InChI is InChI=1S/C12H11Cl2NO5S/c1-20-12(17)9-3-2-7(4-10(9)13)15-6-8(5-11(15)16)21(14,18)19/h2-4,8H,5-6H2,1H3. The maximum absolute atomic E-state index is 11.9. The van der Waals surface area contributed by atoms with Gasteiger partial charge in [0, 0.05) is 29.3 Å². The van der Waals surface area contributed by atoms with E-state index in [4.69, 9.17) is 22.3 Å². The van der Waals surface area contributed by atoms with E-state index >= 15 is 0 Å². The molecule has 21 heavy (non-hydrogen) atoms. The monoisotopic (exact) mass is 351 g/mol. The Bertz CT molecular complexity index is 704. The number of hydrogen-bond acceptors (Lipinski definition) is 5. The number of ether oxygens (including phenoxy) is 1. The molecule has 1 saturated heterocycles. The molecule has 1 aliphatic heterocycles. The number of anilines is 1. The molecule has 6 nitrogen and oxygen atoms in total. The molecule has 0 spiro atoms. The van der Waals surface area contributed by atoms with Crippen LogP contribution in [0.25, 0.3) is 0 Å². The van der Waals surface area contributed by atoms with Gasteiger partial charge in [-0.15, -0.1) is 0 Å². The topological polar surface area (TPSA) is 80.8 Å². The maximum Gasteiger partial charge on any atom is 0.339 e. The number of hydrogen-bond donors (Lipinski definition) is 0. The van der Waals surface area contributed by atoms with E-state index in [0.29, 0.717) is 5.69 Å². The minimum Gasteiger partial charge on any atom is -0.465 e. The van der Waals surface area contributed by atoms with Crippen LogP contribution >= 0.6 is 22.3 Å². The lowest BCUT2D eigenvalue weighted by atomic mass is 10.2. The van der Waals surface area contributed by atoms with Crippen LogP contribution in [0.15, 0.2) is 18.2 Å². The SMILES string of the molecule is COC(=O)c1ccc(N2CC(S(=O)(=O)Cl)CC2=O)cc1Cl. The van der Waals surface area contributed by atoms with Gasteiger partial charge in [0.15, 0.2) is 0 Å². The van der Waals surface area contributed by atoms with E-state index in [0.717, 1.165) is 0 Å². The first-order chi connectivity index (χ1) is 9.74. The molecule has 0 aliphatic carbocycles. The van der Waals surface area contributed by atoms with Crippen LogP contribution in [0, 0.1) is 0 Å². The molecule has 1 amide bonds. The van der Waals surface area contributed by atoms with Crippen molar-refractivity contribution in [2.45, 2.75) is 11.7 Å². The predicted octanol–water partition coefficient (Wildman–Crippen LogP) is 1.80. The summed E-state index contributed by atoms with van der Waals surface area (Å²) in [5.41, 5.74) is 0.566. The van der Waals surface area contributed by atoms with Crippen LogP contribution in [0.1, 0.15) is 16.8 Å². The second kappa shape index (κ2) is 5.82. The zero-order valence-electron chi connectivity index (χ0n) is 10.9. The molecule has 0 bridgehead atoms. The Labute approximate surface area is 131 Å². The molecule has 0 N–H and O–H groups in total. The van der Waals surface area contributed by atoms with E-state index in [-0.39, 0.29) is 29.5 Å². The second-order valence-electron chi connectivity index (χ2n) is 4.46. The van der Waals surface area contributed by atoms with Crippen molar-refractivity contribution in [2.75, 3.05) is 18.6 Å². The summed E-state index contributed by atoms with van der Waals surface area (Å²) in [5.74, 6) is -0.966. The van der Waals surface area contributed by atoms with Crippen molar-refractivity contribution < 1.29 is 22.7 Å². The summed E-state index contributed by atoms with van der Waals surface area (Å²) in [4.78, 5) is 24.6. The van der Waals surface area contributed by atoms with E-state index in [9.17, 15) is 18.0 Å². The molecule has 2 rings (SSSR count). The summed E-state index contributed by atoms with van der Waals surface area (Å²) in [7, 11) is 2.70. The highest BCUT2D eigenvalue weighted by molar-refractivity contribution is 8.14. The third-order valence-corrected chi connectivity index (χ3v) is 5.34. The van der Waals surface area contributed by atoms with Crippen molar-refractivity contribution >= 4 is 48.9 Å². The number of rotatable bonds is 3. The van der Waals surface area contributed by atoms with Crippen molar-refractivity contribution in [3.63, 3.8) is 0 Å². The Hall–Kier alpha value is -1.31. The highest BCUT2D eigenvalue weighted by Gasteiger charge is 2.38. The van der Waals surface area contributed by atoms with Gasteiger partial charge in [-0.3, -0.25) is 4.79 Å². The molecule has 0 saturated carbocycles. The average Bonchev–Trinajstić information content (AvgIpc) is 2.80. The molecule has 1 fully saturated rings. The lowest BCUT2D eigenvalue weighted by Gasteiger charge is -2.17. The molecule has 1 aliphatic rings. The van der Waals surface area contributed by atoms with Gasteiger partial charge in [0.1, 0.15) is 5.25 Å². The van der Waals surface area contributed by atoms with Gasteiger partial charge >= 0.3 is 5.97 Å². The van der Waals surface area contributed by atoms with Gasteiger partial charge in [0.25, 0.3) is 0 Å². The summed E-state index contributed by atoms with van der Waals surface area (Å²) in [6.07, 6.45) is -0.178. The van der Waals surface area contributed by atoms with Crippen molar-refractivity contribution in [3.8, 4) is 0 Å². The first-order valence-electron chi connectivity index (χ1n) is 5.85. The van der Waals surface area contributed by atoms with Gasteiger partial charge in [0.2, 0.25) is 15.0 Å². The summed E-state index contributed by atoms with van der Waals surface area (Å²) >= 11 is 5.97. The number of benzene rings is 1. The Morgan fingerprint density at radius 2 is 2.10 bits per heavy atom. The normalized spacial score (nSPS) is 18.9. The van der Waals surface area contributed by atoms with Gasteiger partial charge in [-0.1, -0.05) is 11.6 Å². The summed E-state index contributed by atoms with van der Waals surface area (Å²) in [6, 6.07) is 4.33. The molecule has 9 heteroatoms. The van der Waals surface area contributed by atoms with Gasteiger partial charge in [0.05, 0.1) is 17.7 Å². The van der Waals surface area contributed by atoms with E-state index in [1.807, 2.05) is 0 Å². The Morgan fingerprint density at radius 3 is 2.57 bits per heavy atom. The molecule has 114 valence electrons. The fraction of sp³-hybridized carbons (Fsp3) is 0.333. The smallest absolute Gasteiger partial charge is 0.339 e. The number of amides is 1. The van der Waals surface area contributed by atoms with Crippen molar-refractivity contribution in [3.05, 3.63) is 28.8 Å². The van der Waals surface area contributed by atoms with Crippen LogP contribution in [0.4, 0.5) is 5.69 Å². The predicted molar refractivity (Wildman–Crippen MR) is 78.3 cm³/mol. The zero-order valence-corrected chi connectivity index (χ0v) is 13.2. The molecule has 1 aromatic rings. The van der Waals surface area contributed by atoms with Crippen molar-refractivity contribution in [1.82, 2.24) is 0 Å². The zero-order chi connectivity index (χ0) is 15.8. The average molecular weight is 352 g/mol. The number of carbonyl (C=O) groups excluding carboxylic acids is 2. The second-order valence-corrected chi connectivity index (χ2v) is 7.78. The largest absolute Gasteiger partial charge is 0.465 e. The minimum absolute atomic E-state index is 0.0431. The Kier molecular flexibility index (Phi) is 4.46. The summed E-state index contributed by atoms with van der Waals surface area (Å²) in [6.45, 7) is -0.0431. The first kappa shape index (κ1) is 16.1. The summed E-state index contributed by atoms with van der Waals surface area (Å²) in [5, 5.41) is -0.838. The molecule has 0 radical (unpaired) electrons. The van der Waals surface area contributed by atoms with Crippen LogP contribution < -0.4 is 4.90 Å². The molecular weight excluding hydrogens is 341 g/mol. The summed E-state index contributed by atoms with van der Waals surface area (Å²) < 4.78 is 27.2. The quantitative estimate of drug-likeness (QED) is 0.612. The number of esters is 1. The molecule has 1 atom stereocenters. The molecule has 1 aromatic carbocycles. The van der Waals surface area contributed by atoms with E-state index in [1.54, 1.807) is 0 Å². The molecule has 1 heterocycles. The lowest BCUT2D eigenvalue weighted by Crippen LogP contribution is -2.26. The lowest BCUT2D eigenvalue weighted by molar-refractivity contribution is -0.117.